The summed E-state index contributed by atoms with van der Waals surface area (Å²) in [5, 5.41) is 4.07. The molecule has 0 spiro atoms. The Balaban J connectivity index is 2.03. The van der Waals surface area contributed by atoms with E-state index in [4.69, 9.17) is 0 Å². The van der Waals surface area contributed by atoms with E-state index in [1.54, 1.807) is 0 Å². The molecule has 9 heavy (non-hydrogen) atoms. The summed E-state index contributed by atoms with van der Waals surface area (Å²) in [5.41, 5.74) is 2.96. The number of hydrogen-bond acceptors (Lipinski definition) is 3. The minimum absolute atomic E-state index is 0.809. The van der Waals surface area contributed by atoms with Crippen LogP contribution in [0.1, 0.15) is 19.8 Å². The minimum atomic E-state index is 0.809. The minimum Gasteiger partial charge on any atom is -0.337 e. The molecule has 0 aromatic rings. The van der Waals surface area contributed by atoms with Crippen molar-refractivity contribution >= 4 is 5.84 Å². The topological polar surface area (TPSA) is 27.6 Å². The molecule has 1 aliphatic heterocycles. The van der Waals surface area contributed by atoms with Crippen LogP contribution < -0.4 is 5.43 Å². The lowest BCUT2D eigenvalue weighted by Crippen LogP contribution is -2.29. The van der Waals surface area contributed by atoms with Crippen molar-refractivity contribution in [3.05, 3.63) is 0 Å². The molecular formula is C6H11N3. The van der Waals surface area contributed by atoms with Crippen molar-refractivity contribution in [2.75, 3.05) is 6.67 Å². The van der Waals surface area contributed by atoms with Crippen molar-refractivity contribution < 1.29 is 0 Å². The normalized spacial score (nSPS) is 25.9. The molecule has 1 heterocycles. The molecule has 0 bridgehead atoms. The molecule has 0 atom stereocenters. The first-order valence-corrected chi connectivity index (χ1v) is 3.42. The van der Waals surface area contributed by atoms with E-state index in [1.165, 1.54) is 12.8 Å². The van der Waals surface area contributed by atoms with Gasteiger partial charge >= 0.3 is 0 Å². The van der Waals surface area contributed by atoms with E-state index in [2.05, 4.69) is 22.4 Å². The van der Waals surface area contributed by atoms with Gasteiger partial charge in [-0.2, -0.15) is 5.10 Å². The maximum Gasteiger partial charge on any atom is 0.123 e. The number of nitrogens with zero attached hydrogens (tertiary/aromatic N) is 2. The number of nitrogens with one attached hydrogen (secondary N) is 1. The van der Waals surface area contributed by atoms with Crippen molar-refractivity contribution in [1.29, 1.82) is 0 Å². The Morgan fingerprint density at radius 3 is 2.89 bits per heavy atom. The Hall–Kier alpha value is -0.730. The highest BCUT2D eigenvalue weighted by atomic mass is 15.5. The monoisotopic (exact) mass is 125 g/mol. The fourth-order valence-electron chi connectivity index (χ4n) is 1.18. The Labute approximate surface area is 54.7 Å². The van der Waals surface area contributed by atoms with Crippen LogP contribution in [-0.4, -0.2) is 23.4 Å². The zero-order chi connectivity index (χ0) is 6.27. The Bertz CT molecular complexity index is 148. The highest BCUT2D eigenvalue weighted by Crippen LogP contribution is 2.27. The van der Waals surface area contributed by atoms with Crippen LogP contribution in [0.4, 0.5) is 0 Å². The fourth-order valence-corrected chi connectivity index (χ4v) is 1.18. The standard InChI is InChI=1S/C6H11N3/c1-5-8-7-4-9(5)6-2-3-6/h6-7H,2-4H2,1H3. The van der Waals surface area contributed by atoms with Crippen LogP contribution in [0, 0.1) is 0 Å². The quantitative estimate of drug-likeness (QED) is 0.547. The van der Waals surface area contributed by atoms with Crippen molar-refractivity contribution in [3.63, 3.8) is 0 Å². The number of hydrogen-bond donors (Lipinski definition) is 1. The molecule has 0 aromatic carbocycles. The second kappa shape index (κ2) is 1.62. The van der Waals surface area contributed by atoms with Gasteiger partial charge in [-0.25, -0.2) is 0 Å². The first-order chi connectivity index (χ1) is 4.38. The molecule has 50 valence electrons. The summed E-state index contributed by atoms with van der Waals surface area (Å²) in [6.45, 7) is 2.98. The van der Waals surface area contributed by atoms with Crippen LogP contribution in [0.2, 0.25) is 0 Å². The third-order valence-electron chi connectivity index (χ3n) is 1.89. The van der Waals surface area contributed by atoms with Gasteiger partial charge in [-0.05, 0) is 19.8 Å². The van der Waals surface area contributed by atoms with Crippen LogP contribution in [0.15, 0.2) is 5.10 Å². The van der Waals surface area contributed by atoms with E-state index in [0.29, 0.717) is 0 Å². The van der Waals surface area contributed by atoms with E-state index in [-0.39, 0.29) is 0 Å². The van der Waals surface area contributed by atoms with Gasteiger partial charge in [0.15, 0.2) is 0 Å². The van der Waals surface area contributed by atoms with Crippen LogP contribution in [-0.2, 0) is 0 Å². The third-order valence-corrected chi connectivity index (χ3v) is 1.89. The van der Waals surface area contributed by atoms with Gasteiger partial charge in [0.1, 0.15) is 12.5 Å². The van der Waals surface area contributed by atoms with E-state index in [9.17, 15) is 0 Å². The molecule has 3 heteroatoms. The van der Waals surface area contributed by atoms with E-state index in [0.717, 1.165) is 18.5 Å². The molecule has 1 N–H and O–H groups in total. The SMILES string of the molecule is CC1=NNCN1C1CC1. The lowest BCUT2D eigenvalue weighted by atomic mass is 10.5. The lowest BCUT2D eigenvalue weighted by Gasteiger charge is -2.14. The van der Waals surface area contributed by atoms with Crippen LogP contribution in [0.25, 0.3) is 0 Å². The van der Waals surface area contributed by atoms with Gasteiger partial charge in [0.2, 0.25) is 0 Å². The molecule has 2 aliphatic rings. The molecule has 0 saturated heterocycles. The zero-order valence-electron chi connectivity index (χ0n) is 5.59. The van der Waals surface area contributed by atoms with Gasteiger partial charge in [0.05, 0.1) is 0 Å². The molecule has 3 nitrogen and oxygen atoms in total. The van der Waals surface area contributed by atoms with Crippen LogP contribution >= 0.6 is 0 Å². The maximum atomic E-state index is 4.07. The van der Waals surface area contributed by atoms with Crippen LogP contribution in [0.3, 0.4) is 0 Å². The molecule has 2 rings (SSSR count). The van der Waals surface area contributed by atoms with Crippen molar-refractivity contribution in [1.82, 2.24) is 10.3 Å². The molecule has 1 aliphatic carbocycles. The van der Waals surface area contributed by atoms with Gasteiger partial charge in [-0.3, -0.25) is 5.43 Å². The van der Waals surface area contributed by atoms with Gasteiger partial charge in [0.25, 0.3) is 0 Å². The van der Waals surface area contributed by atoms with Crippen molar-refractivity contribution in [3.8, 4) is 0 Å². The summed E-state index contributed by atoms with van der Waals surface area (Å²) in [7, 11) is 0. The first-order valence-electron chi connectivity index (χ1n) is 3.42. The summed E-state index contributed by atoms with van der Waals surface area (Å²) in [4.78, 5) is 2.32. The summed E-state index contributed by atoms with van der Waals surface area (Å²) >= 11 is 0. The highest BCUT2D eigenvalue weighted by Gasteiger charge is 2.31. The summed E-state index contributed by atoms with van der Waals surface area (Å²) in [6.07, 6.45) is 2.71. The summed E-state index contributed by atoms with van der Waals surface area (Å²) in [5.74, 6) is 1.15. The first kappa shape index (κ1) is 5.09. The lowest BCUT2D eigenvalue weighted by molar-refractivity contribution is 0.414. The molecule has 0 radical (unpaired) electrons. The molecule has 0 amide bonds. The Morgan fingerprint density at radius 2 is 2.44 bits per heavy atom. The predicted octanol–water partition coefficient (Wildman–Crippen LogP) is 0.345. The maximum absolute atomic E-state index is 4.07. The van der Waals surface area contributed by atoms with E-state index < -0.39 is 0 Å². The third kappa shape index (κ3) is 0.763. The van der Waals surface area contributed by atoms with E-state index in [1.807, 2.05) is 0 Å². The molecule has 0 unspecified atom stereocenters. The molecule has 1 fully saturated rings. The van der Waals surface area contributed by atoms with Crippen molar-refractivity contribution in [2.45, 2.75) is 25.8 Å². The average Bonchev–Trinajstić information content (AvgIpc) is 2.58. The van der Waals surface area contributed by atoms with E-state index >= 15 is 0 Å². The number of hydrazone groups is 1. The molecule has 1 saturated carbocycles. The molecule has 0 aromatic heterocycles. The highest BCUT2D eigenvalue weighted by molar-refractivity contribution is 5.81. The predicted molar refractivity (Wildman–Crippen MR) is 36.0 cm³/mol. The van der Waals surface area contributed by atoms with Gasteiger partial charge < -0.3 is 4.90 Å². The van der Waals surface area contributed by atoms with Crippen molar-refractivity contribution in [2.24, 2.45) is 5.10 Å². The number of amidine groups is 1. The van der Waals surface area contributed by atoms with Crippen LogP contribution in [0.5, 0.6) is 0 Å². The van der Waals surface area contributed by atoms with Gasteiger partial charge in [0, 0.05) is 6.04 Å². The Morgan fingerprint density at radius 1 is 1.67 bits per heavy atom. The zero-order valence-corrected chi connectivity index (χ0v) is 5.59. The average molecular weight is 125 g/mol. The van der Waals surface area contributed by atoms with Gasteiger partial charge in [-0.1, -0.05) is 0 Å². The number of rotatable bonds is 1. The summed E-state index contributed by atoms with van der Waals surface area (Å²) < 4.78 is 0. The van der Waals surface area contributed by atoms with Gasteiger partial charge in [-0.15, -0.1) is 0 Å². The largest absolute Gasteiger partial charge is 0.337 e. The smallest absolute Gasteiger partial charge is 0.123 e. The Kier molecular flexibility index (Phi) is 0.917. The molecular weight excluding hydrogens is 114 g/mol. The second-order valence-electron chi connectivity index (χ2n) is 2.68. The second-order valence-corrected chi connectivity index (χ2v) is 2.68. The fraction of sp³-hybridized carbons (Fsp3) is 0.833. The summed E-state index contributed by atoms with van der Waals surface area (Å²) in [6, 6.07) is 0.809.